The van der Waals surface area contributed by atoms with Crippen molar-refractivity contribution in [3.63, 3.8) is 0 Å². The summed E-state index contributed by atoms with van der Waals surface area (Å²) in [5, 5.41) is 21.6. The summed E-state index contributed by atoms with van der Waals surface area (Å²) in [5.74, 6) is -0.573. The number of hydrogen-bond acceptors (Lipinski definition) is 5. The molecule has 21 heavy (non-hydrogen) atoms. The first-order valence-corrected chi connectivity index (χ1v) is 7.21. The predicted molar refractivity (Wildman–Crippen MR) is 80.1 cm³/mol. The van der Waals surface area contributed by atoms with Crippen LogP contribution in [0, 0.1) is 0 Å². The van der Waals surface area contributed by atoms with Crippen molar-refractivity contribution < 1.29 is 15.0 Å². The monoisotopic (exact) mass is 293 g/mol. The molecular formula is C15H23N3O3. The maximum absolute atomic E-state index is 12.0. The number of rotatable bonds is 5. The van der Waals surface area contributed by atoms with Crippen LogP contribution in [0.15, 0.2) is 18.2 Å². The van der Waals surface area contributed by atoms with Crippen molar-refractivity contribution in [1.29, 1.82) is 0 Å². The second-order valence-corrected chi connectivity index (χ2v) is 5.66. The Hall–Kier alpha value is -1.79. The van der Waals surface area contributed by atoms with Gasteiger partial charge in [0.1, 0.15) is 0 Å². The summed E-state index contributed by atoms with van der Waals surface area (Å²) in [6, 6.07) is 4.18. The van der Waals surface area contributed by atoms with Crippen molar-refractivity contribution in [2.75, 3.05) is 20.1 Å². The molecule has 0 aliphatic carbocycles. The number of phenols is 2. The van der Waals surface area contributed by atoms with Crippen LogP contribution in [-0.4, -0.2) is 53.2 Å². The van der Waals surface area contributed by atoms with Gasteiger partial charge in [0.25, 0.3) is 0 Å². The van der Waals surface area contributed by atoms with Crippen molar-refractivity contribution in [1.82, 2.24) is 10.2 Å². The van der Waals surface area contributed by atoms with Crippen LogP contribution in [0.5, 0.6) is 11.5 Å². The number of aromatic hydroxyl groups is 2. The Morgan fingerprint density at radius 1 is 1.48 bits per heavy atom. The molecule has 2 atom stereocenters. The molecule has 2 rings (SSSR count). The maximum atomic E-state index is 12.0. The van der Waals surface area contributed by atoms with Gasteiger partial charge in [-0.3, -0.25) is 4.79 Å². The van der Waals surface area contributed by atoms with Crippen LogP contribution in [0.1, 0.15) is 18.4 Å². The molecule has 1 amide bonds. The van der Waals surface area contributed by atoms with Gasteiger partial charge < -0.3 is 26.2 Å². The Morgan fingerprint density at radius 2 is 2.24 bits per heavy atom. The molecule has 0 aromatic heterocycles. The zero-order valence-electron chi connectivity index (χ0n) is 12.2. The topological polar surface area (TPSA) is 98.8 Å². The lowest BCUT2D eigenvalue weighted by Crippen LogP contribution is -2.46. The Balaban J connectivity index is 1.83. The van der Waals surface area contributed by atoms with Crippen LogP contribution < -0.4 is 11.1 Å². The van der Waals surface area contributed by atoms with Crippen molar-refractivity contribution in [2.24, 2.45) is 5.73 Å². The van der Waals surface area contributed by atoms with Gasteiger partial charge in [0.05, 0.1) is 6.04 Å². The summed E-state index contributed by atoms with van der Waals surface area (Å²) in [7, 11) is 2.06. The quantitative estimate of drug-likeness (QED) is 0.580. The van der Waals surface area contributed by atoms with Crippen LogP contribution in [0.3, 0.4) is 0 Å². The molecule has 1 fully saturated rings. The minimum Gasteiger partial charge on any atom is -0.504 e. The number of nitrogens with one attached hydrogen (secondary N) is 1. The van der Waals surface area contributed by atoms with Crippen molar-refractivity contribution >= 4 is 5.91 Å². The van der Waals surface area contributed by atoms with E-state index in [-0.39, 0.29) is 17.4 Å². The number of benzene rings is 1. The normalized spacial score (nSPS) is 20.4. The van der Waals surface area contributed by atoms with E-state index < -0.39 is 6.04 Å². The minimum atomic E-state index is -0.666. The number of hydrogen-bond donors (Lipinski definition) is 4. The Bertz CT molecular complexity index is 507. The van der Waals surface area contributed by atoms with Gasteiger partial charge in [0, 0.05) is 12.6 Å². The van der Waals surface area contributed by atoms with Crippen LogP contribution in [-0.2, 0) is 11.2 Å². The second-order valence-electron chi connectivity index (χ2n) is 5.66. The summed E-state index contributed by atoms with van der Waals surface area (Å²) >= 11 is 0. The highest BCUT2D eigenvalue weighted by atomic mass is 16.3. The Kier molecular flexibility index (Phi) is 5.03. The molecule has 1 aliphatic rings. The van der Waals surface area contributed by atoms with Gasteiger partial charge in [-0.1, -0.05) is 6.07 Å². The van der Waals surface area contributed by atoms with Crippen LogP contribution in [0.25, 0.3) is 0 Å². The van der Waals surface area contributed by atoms with Crippen molar-refractivity contribution in [2.45, 2.75) is 31.3 Å². The molecule has 0 bridgehead atoms. The van der Waals surface area contributed by atoms with Gasteiger partial charge in [-0.15, -0.1) is 0 Å². The zero-order chi connectivity index (χ0) is 15.4. The maximum Gasteiger partial charge on any atom is 0.237 e. The number of amides is 1. The van der Waals surface area contributed by atoms with E-state index in [1.165, 1.54) is 12.1 Å². The Morgan fingerprint density at radius 3 is 2.86 bits per heavy atom. The van der Waals surface area contributed by atoms with E-state index in [1.54, 1.807) is 6.07 Å². The molecule has 6 heteroatoms. The average Bonchev–Trinajstić information content (AvgIpc) is 2.85. The molecule has 6 nitrogen and oxygen atoms in total. The summed E-state index contributed by atoms with van der Waals surface area (Å²) in [5.41, 5.74) is 6.60. The number of likely N-dealkylation sites (tertiary alicyclic amines) is 1. The van der Waals surface area contributed by atoms with E-state index in [0.29, 0.717) is 24.6 Å². The lowest BCUT2D eigenvalue weighted by Gasteiger charge is -2.21. The fourth-order valence-corrected chi connectivity index (χ4v) is 2.63. The first-order chi connectivity index (χ1) is 9.97. The van der Waals surface area contributed by atoms with Gasteiger partial charge in [0.2, 0.25) is 5.91 Å². The molecule has 0 radical (unpaired) electrons. The minimum absolute atomic E-state index is 0.180. The molecular weight excluding hydrogens is 270 g/mol. The standard InChI is InChI=1S/C15H23N3O3/c1-18-6-2-3-11(18)9-17-15(21)12(16)7-10-4-5-13(19)14(20)8-10/h4-5,8,11-12,19-20H,2-3,6-7,9,16H2,1H3,(H,17,21)/t11?,12-/m0/s1. The summed E-state index contributed by atoms with van der Waals surface area (Å²) in [4.78, 5) is 14.2. The van der Waals surface area contributed by atoms with E-state index in [4.69, 9.17) is 5.73 Å². The number of nitrogens with zero attached hydrogens (tertiary/aromatic N) is 1. The number of likely N-dealkylation sites (N-methyl/N-ethyl adjacent to an activating group) is 1. The fourth-order valence-electron chi connectivity index (χ4n) is 2.63. The molecule has 1 unspecified atom stereocenters. The van der Waals surface area contributed by atoms with Gasteiger partial charge in [0.15, 0.2) is 11.5 Å². The molecule has 5 N–H and O–H groups in total. The van der Waals surface area contributed by atoms with E-state index >= 15 is 0 Å². The highest BCUT2D eigenvalue weighted by Gasteiger charge is 2.22. The number of phenolic OH excluding ortho intramolecular Hbond substituents is 2. The summed E-state index contributed by atoms with van der Waals surface area (Å²) in [6.45, 7) is 1.68. The molecule has 1 aromatic carbocycles. The van der Waals surface area contributed by atoms with Gasteiger partial charge in [-0.25, -0.2) is 0 Å². The summed E-state index contributed by atoms with van der Waals surface area (Å²) < 4.78 is 0. The first kappa shape index (κ1) is 15.6. The third-order valence-electron chi connectivity index (χ3n) is 4.02. The molecule has 116 valence electrons. The van der Waals surface area contributed by atoms with Gasteiger partial charge in [-0.05, 0) is 50.6 Å². The van der Waals surface area contributed by atoms with Crippen LogP contribution in [0.4, 0.5) is 0 Å². The SMILES string of the molecule is CN1CCCC1CNC(=O)[C@@H](N)Cc1ccc(O)c(O)c1. The molecule has 1 aromatic rings. The zero-order valence-corrected chi connectivity index (χ0v) is 12.2. The lowest BCUT2D eigenvalue weighted by molar-refractivity contribution is -0.122. The third kappa shape index (κ3) is 4.09. The predicted octanol–water partition coefficient (Wildman–Crippen LogP) is 0.178. The Labute approximate surface area is 124 Å². The van der Waals surface area contributed by atoms with Gasteiger partial charge >= 0.3 is 0 Å². The van der Waals surface area contributed by atoms with Crippen molar-refractivity contribution in [3.8, 4) is 11.5 Å². The van der Waals surface area contributed by atoms with Crippen LogP contribution in [0.2, 0.25) is 0 Å². The van der Waals surface area contributed by atoms with E-state index in [1.807, 2.05) is 0 Å². The van der Waals surface area contributed by atoms with Gasteiger partial charge in [-0.2, -0.15) is 0 Å². The molecule has 1 aliphatic heterocycles. The first-order valence-electron chi connectivity index (χ1n) is 7.21. The van der Waals surface area contributed by atoms with E-state index in [9.17, 15) is 15.0 Å². The molecule has 0 saturated carbocycles. The molecule has 1 saturated heterocycles. The van der Waals surface area contributed by atoms with Crippen LogP contribution >= 0.6 is 0 Å². The third-order valence-corrected chi connectivity index (χ3v) is 4.02. The highest BCUT2D eigenvalue weighted by molar-refractivity contribution is 5.81. The highest BCUT2D eigenvalue weighted by Crippen LogP contribution is 2.25. The summed E-state index contributed by atoms with van der Waals surface area (Å²) in [6.07, 6.45) is 2.58. The fraction of sp³-hybridized carbons (Fsp3) is 0.533. The van der Waals surface area contributed by atoms with E-state index in [0.717, 1.165) is 19.4 Å². The molecule has 0 spiro atoms. The molecule has 1 heterocycles. The lowest BCUT2D eigenvalue weighted by atomic mass is 10.1. The number of nitrogens with two attached hydrogens (primary N) is 1. The number of carbonyl (C=O) groups excluding carboxylic acids is 1. The average molecular weight is 293 g/mol. The van der Waals surface area contributed by atoms with E-state index in [2.05, 4.69) is 17.3 Å². The second kappa shape index (κ2) is 6.78. The number of carbonyl (C=O) groups is 1. The smallest absolute Gasteiger partial charge is 0.237 e. The largest absolute Gasteiger partial charge is 0.504 e. The van der Waals surface area contributed by atoms with Crippen molar-refractivity contribution in [3.05, 3.63) is 23.8 Å².